The van der Waals surface area contributed by atoms with Gasteiger partial charge in [0.25, 0.3) is 0 Å². The number of fused-ring (bicyclic) bond motifs is 2. The Balaban J connectivity index is 0.000000267. The fraction of sp³-hybridized carbons (Fsp3) is 0. The van der Waals surface area contributed by atoms with E-state index < -0.39 is 11.3 Å². The van der Waals surface area contributed by atoms with Crippen LogP contribution in [0.3, 0.4) is 0 Å². The molecule has 2 N–H and O–H groups in total. The molecule has 3 aromatic carbocycles. The molecule has 3 nitrogen and oxygen atoms in total. The van der Waals surface area contributed by atoms with Crippen LogP contribution in [0.25, 0.3) is 21.5 Å². The van der Waals surface area contributed by atoms with Gasteiger partial charge in [-0.3, -0.25) is 9.35 Å². The Hall–Kier alpha value is -1.75. The lowest BCUT2D eigenvalue weighted by molar-refractivity contribution is 0.539. The van der Waals surface area contributed by atoms with Crippen molar-refractivity contribution in [1.29, 1.82) is 0 Å². The Morgan fingerprint density at radius 2 is 1.00 bits per heavy atom. The molecule has 0 spiro atoms. The average Bonchev–Trinajstić information content (AvgIpc) is 2.35. The lowest BCUT2D eigenvalue weighted by atomic mass is 10.0. The molecule has 1 unspecified atom stereocenters. The second kappa shape index (κ2) is 5.73. The van der Waals surface area contributed by atoms with E-state index in [4.69, 9.17) is 8.76 Å². The molecule has 0 saturated heterocycles. The molecule has 1 atom stereocenters. The van der Waals surface area contributed by atoms with Gasteiger partial charge in [-0.2, -0.15) is 0 Å². The van der Waals surface area contributed by atoms with Crippen molar-refractivity contribution in [3.8, 4) is 0 Å². The minimum Gasteiger partial charge on any atom is -0.760 e. The van der Waals surface area contributed by atoms with E-state index in [0.29, 0.717) is 0 Å². The third-order valence-electron chi connectivity index (χ3n) is 2.61. The Bertz CT molecular complexity index is 588. The van der Waals surface area contributed by atoms with E-state index in [1.165, 1.54) is 21.5 Å². The normalized spacial score (nSPS) is 11.9. The second-order valence-corrected chi connectivity index (χ2v) is 4.33. The Morgan fingerprint density at radius 3 is 1.22 bits per heavy atom. The number of hydrogen-bond acceptors (Lipinski definition) is 2. The van der Waals surface area contributed by atoms with E-state index in [1.54, 1.807) is 0 Å². The third-order valence-corrected chi connectivity index (χ3v) is 2.61. The fourth-order valence-electron chi connectivity index (χ4n) is 1.88. The summed E-state index contributed by atoms with van der Waals surface area (Å²) in [4.78, 5) is 0. The number of rotatable bonds is 0. The number of benzene rings is 3. The highest BCUT2D eigenvalue weighted by Gasteiger charge is 1.95. The maximum absolute atomic E-state index is 8.78. The van der Waals surface area contributed by atoms with Crippen LogP contribution in [0.1, 0.15) is 0 Å². The average molecular weight is 258 g/mol. The third kappa shape index (κ3) is 3.13. The van der Waals surface area contributed by atoms with Gasteiger partial charge >= 0.3 is 0 Å². The summed E-state index contributed by atoms with van der Waals surface area (Å²) < 4.78 is 17.6. The maximum Gasteiger partial charge on any atom is 0.0152 e. The maximum atomic E-state index is 8.78. The fourth-order valence-corrected chi connectivity index (χ4v) is 1.88. The largest absolute Gasteiger partial charge is 0.760 e. The SMILES string of the molecule is NS(=O)[O-].c1ccc2cc3ccccc3cc2c1. The minimum absolute atomic E-state index is 1.31. The smallest absolute Gasteiger partial charge is 0.0152 e. The molecule has 0 aliphatic carbocycles. The molecule has 4 heteroatoms. The summed E-state index contributed by atoms with van der Waals surface area (Å²) in [6.07, 6.45) is 0. The lowest BCUT2D eigenvalue weighted by Crippen LogP contribution is -1.97. The molecular weight excluding hydrogens is 246 g/mol. The summed E-state index contributed by atoms with van der Waals surface area (Å²) in [5.41, 5.74) is 0. The molecule has 0 aliphatic rings. The first-order valence-electron chi connectivity index (χ1n) is 5.38. The van der Waals surface area contributed by atoms with Crippen molar-refractivity contribution in [2.75, 3.05) is 0 Å². The van der Waals surface area contributed by atoms with E-state index in [9.17, 15) is 0 Å². The first kappa shape index (κ1) is 12.7. The van der Waals surface area contributed by atoms with Gasteiger partial charge in [0.2, 0.25) is 0 Å². The van der Waals surface area contributed by atoms with Gasteiger partial charge in [-0.1, -0.05) is 48.5 Å². The van der Waals surface area contributed by atoms with Crippen LogP contribution in [-0.4, -0.2) is 8.76 Å². The highest BCUT2D eigenvalue weighted by molar-refractivity contribution is 7.76. The molecule has 3 aromatic rings. The van der Waals surface area contributed by atoms with E-state index in [2.05, 4.69) is 65.8 Å². The van der Waals surface area contributed by atoms with Crippen molar-refractivity contribution in [2.45, 2.75) is 0 Å². The molecule has 0 fully saturated rings. The Morgan fingerprint density at radius 1 is 0.778 bits per heavy atom. The van der Waals surface area contributed by atoms with Crippen molar-refractivity contribution in [3.05, 3.63) is 60.7 Å². The van der Waals surface area contributed by atoms with Gasteiger partial charge in [-0.05, 0) is 33.7 Å². The van der Waals surface area contributed by atoms with Gasteiger partial charge in [0.05, 0.1) is 0 Å². The van der Waals surface area contributed by atoms with E-state index >= 15 is 0 Å². The van der Waals surface area contributed by atoms with Crippen molar-refractivity contribution < 1.29 is 8.76 Å². The summed E-state index contributed by atoms with van der Waals surface area (Å²) in [5, 5.41) is 9.27. The summed E-state index contributed by atoms with van der Waals surface area (Å²) in [6, 6.07) is 21.4. The van der Waals surface area contributed by atoms with E-state index in [-0.39, 0.29) is 0 Å². The minimum atomic E-state index is -2.36. The zero-order valence-electron chi connectivity index (χ0n) is 9.58. The van der Waals surface area contributed by atoms with Crippen molar-refractivity contribution in [1.82, 2.24) is 0 Å². The van der Waals surface area contributed by atoms with Crippen LogP contribution in [0.5, 0.6) is 0 Å². The van der Waals surface area contributed by atoms with Gasteiger partial charge in [-0.15, -0.1) is 0 Å². The topological polar surface area (TPSA) is 66.2 Å². The number of nitrogens with two attached hydrogens (primary N) is 1. The van der Waals surface area contributed by atoms with Crippen LogP contribution in [0.4, 0.5) is 0 Å². The molecule has 0 aromatic heterocycles. The quantitative estimate of drug-likeness (QED) is 0.497. The van der Waals surface area contributed by atoms with Crippen LogP contribution in [-0.2, 0) is 11.3 Å². The molecule has 92 valence electrons. The molecule has 0 amide bonds. The monoisotopic (exact) mass is 258 g/mol. The molecule has 0 heterocycles. The lowest BCUT2D eigenvalue weighted by Gasteiger charge is -2.00. The molecule has 18 heavy (non-hydrogen) atoms. The number of hydrogen-bond donors (Lipinski definition) is 1. The van der Waals surface area contributed by atoms with Crippen LogP contribution in [0.15, 0.2) is 60.7 Å². The summed E-state index contributed by atoms with van der Waals surface area (Å²) >= 11 is -2.36. The van der Waals surface area contributed by atoms with Crippen LogP contribution in [0, 0.1) is 0 Å². The van der Waals surface area contributed by atoms with Crippen molar-refractivity contribution in [2.24, 2.45) is 5.14 Å². The van der Waals surface area contributed by atoms with E-state index in [0.717, 1.165) is 0 Å². The highest BCUT2D eigenvalue weighted by atomic mass is 32.2. The highest BCUT2D eigenvalue weighted by Crippen LogP contribution is 2.21. The van der Waals surface area contributed by atoms with Crippen molar-refractivity contribution >= 4 is 32.8 Å². The van der Waals surface area contributed by atoms with Crippen LogP contribution in [0.2, 0.25) is 0 Å². The second-order valence-electron chi connectivity index (χ2n) is 3.81. The Labute approximate surface area is 108 Å². The van der Waals surface area contributed by atoms with Gasteiger partial charge in [-0.25, -0.2) is 0 Å². The first-order valence-corrected chi connectivity index (χ1v) is 6.52. The standard InChI is InChI=1S/C14H10.H3NO2S/c1-2-6-12-10-14-8-4-3-7-13(14)9-11(12)5-1;1-4(2)3/h1-10H;1H2,(H,2,3)/p-1. The zero-order valence-corrected chi connectivity index (χ0v) is 10.4. The zero-order chi connectivity index (χ0) is 13.0. The molecule has 0 saturated carbocycles. The first-order chi connectivity index (χ1) is 8.66. The van der Waals surface area contributed by atoms with Crippen LogP contribution < -0.4 is 5.14 Å². The summed E-state index contributed by atoms with van der Waals surface area (Å²) in [6.45, 7) is 0. The van der Waals surface area contributed by atoms with E-state index in [1.807, 2.05) is 0 Å². The van der Waals surface area contributed by atoms with Gasteiger partial charge in [0, 0.05) is 11.3 Å². The van der Waals surface area contributed by atoms with Crippen LogP contribution >= 0.6 is 0 Å². The predicted octanol–water partition coefficient (Wildman–Crippen LogP) is 2.73. The molecule has 0 radical (unpaired) electrons. The Kier molecular flexibility index (Phi) is 4.04. The summed E-state index contributed by atoms with van der Waals surface area (Å²) in [5.74, 6) is 0. The molecule has 3 rings (SSSR count). The molecule has 0 bridgehead atoms. The van der Waals surface area contributed by atoms with Gasteiger partial charge in [0.1, 0.15) is 0 Å². The molecule has 0 aliphatic heterocycles. The van der Waals surface area contributed by atoms with Gasteiger partial charge < -0.3 is 4.55 Å². The summed E-state index contributed by atoms with van der Waals surface area (Å²) in [7, 11) is 0. The predicted molar refractivity (Wildman–Crippen MR) is 74.6 cm³/mol. The molecular formula is C14H12NO2S-. The van der Waals surface area contributed by atoms with Gasteiger partial charge in [0.15, 0.2) is 0 Å². The van der Waals surface area contributed by atoms with Crippen molar-refractivity contribution in [3.63, 3.8) is 0 Å².